The molecule has 0 aliphatic carbocycles. The van der Waals surface area contributed by atoms with Crippen LogP contribution in [0.25, 0.3) is 0 Å². The van der Waals surface area contributed by atoms with Gasteiger partial charge in [-0.1, -0.05) is 13.0 Å². The summed E-state index contributed by atoms with van der Waals surface area (Å²) in [6.07, 6.45) is 0.832. The van der Waals surface area contributed by atoms with Gasteiger partial charge in [-0.05, 0) is 31.0 Å². The van der Waals surface area contributed by atoms with Gasteiger partial charge in [0.05, 0.1) is 11.8 Å². The third-order valence-electron chi connectivity index (χ3n) is 3.22. The average Bonchev–Trinajstić information content (AvgIpc) is 2.24. The molecule has 2 atom stereocenters. The van der Waals surface area contributed by atoms with E-state index in [2.05, 4.69) is 16.8 Å². The van der Waals surface area contributed by atoms with Gasteiger partial charge in [0.15, 0.2) is 0 Å². The zero-order valence-corrected chi connectivity index (χ0v) is 9.63. The first kappa shape index (κ1) is 11.4. The lowest BCUT2D eigenvalue weighted by Gasteiger charge is -2.33. The van der Waals surface area contributed by atoms with Crippen molar-refractivity contribution in [2.75, 3.05) is 18.8 Å². The van der Waals surface area contributed by atoms with Crippen LogP contribution in [0, 0.1) is 5.92 Å². The molecule has 0 amide bonds. The molecule has 0 bridgehead atoms. The molecule has 1 saturated heterocycles. The van der Waals surface area contributed by atoms with Crippen molar-refractivity contribution >= 4 is 5.82 Å². The number of nitrogens with zero attached hydrogens (tertiary/aromatic N) is 2. The minimum atomic E-state index is -0.213. The van der Waals surface area contributed by atoms with E-state index in [1.807, 2.05) is 12.1 Å². The topological polar surface area (TPSA) is 62.4 Å². The van der Waals surface area contributed by atoms with Gasteiger partial charge in [-0.2, -0.15) is 0 Å². The fourth-order valence-corrected chi connectivity index (χ4v) is 2.07. The summed E-state index contributed by atoms with van der Waals surface area (Å²) in [5.41, 5.74) is 6.61. The second-order valence-corrected chi connectivity index (χ2v) is 4.62. The van der Waals surface area contributed by atoms with Gasteiger partial charge >= 0.3 is 0 Å². The van der Waals surface area contributed by atoms with Crippen LogP contribution >= 0.6 is 0 Å². The third-order valence-corrected chi connectivity index (χ3v) is 3.22. The molecule has 1 aromatic rings. The number of nitrogens with two attached hydrogens (primary N) is 1. The summed E-state index contributed by atoms with van der Waals surface area (Å²) in [4.78, 5) is 6.49. The lowest BCUT2D eigenvalue weighted by molar-refractivity contribution is 0.0254. The number of aliphatic hydroxyl groups is 1. The number of β-amino-alcohol motifs (C(OH)–C–C–N with tert-alkyl or cyclic N) is 1. The lowest BCUT2D eigenvalue weighted by Crippen LogP contribution is -2.42. The van der Waals surface area contributed by atoms with Crippen LogP contribution in [-0.4, -0.2) is 34.2 Å². The summed E-state index contributed by atoms with van der Waals surface area (Å²) in [5.74, 6) is 0.966. The van der Waals surface area contributed by atoms with E-state index in [9.17, 15) is 5.11 Å². The molecular formula is C12H19N3O. The first-order chi connectivity index (χ1) is 7.65. The van der Waals surface area contributed by atoms with Crippen molar-refractivity contribution in [2.45, 2.75) is 26.0 Å². The Morgan fingerprint density at radius 3 is 3.06 bits per heavy atom. The van der Waals surface area contributed by atoms with E-state index < -0.39 is 0 Å². The van der Waals surface area contributed by atoms with Crippen molar-refractivity contribution in [3.8, 4) is 0 Å². The molecule has 88 valence electrons. The molecule has 2 heterocycles. The maximum atomic E-state index is 9.79. The van der Waals surface area contributed by atoms with Crippen molar-refractivity contribution in [1.82, 2.24) is 9.88 Å². The van der Waals surface area contributed by atoms with E-state index in [-0.39, 0.29) is 6.10 Å². The SMILES string of the molecule is CC1CCN(Cc2cccc(N)n2)CC1O. The van der Waals surface area contributed by atoms with Crippen LogP contribution in [0.1, 0.15) is 19.0 Å². The molecule has 0 spiro atoms. The summed E-state index contributed by atoms with van der Waals surface area (Å²) in [7, 11) is 0. The van der Waals surface area contributed by atoms with Gasteiger partial charge in [0.1, 0.15) is 5.82 Å². The van der Waals surface area contributed by atoms with Crippen LogP contribution in [0.5, 0.6) is 0 Å². The lowest BCUT2D eigenvalue weighted by atomic mass is 9.96. The van der Waals surface area contributed by atoms with Crippen LogP contribution in [0.3, 0.4) is 0 Å². The Labute approximate surface area is 96.1 Å². The standard InChI is InChI=1S/C12H19N3O/c1-9-5-6-15(8-11(9)16)7-10-3-2-4-12(13)14-10/h2-4,9,11,16H,5-8H2,1H3,(H2,13,14). The minimum absolute atomic E-state index is 0.213. The third kappa shape index (κ3) is 2.71. The Hall–Kier alpha value is -1.13. The predicted octanol–water partition coefficient (Wildman–Crippen LogP) is 0.866. The number of hydrogen-bond acceptors (Lipinski definition) is 4. The summed E-state index contributed by atoms with van der Waals surface area (Å²) >= 11 is 0. The van der Waals surface area contributed by atoms with Gasteiger partial charge in [-0.25, -0.2) is 4.98 Å². The number of pyridine rings is 1. The maximum Gasteiger partial charge on any atom is 0.123 e. The van der Waals surface area contributed by atoms with E-state index in [4.69, 9.17) is 5.73 Å². The predicted molar refractivity (Wildman–Crippen MR) is 63.7 cm³/mol. The zero-order valence-electron chi connectivity index (χ0n) is 9.63. The number of piperidine rings is 1. The van der Waals surface area contributed by atoms with Crippen molar-refractivity contribution in [1.29, 1.82) is 0 Å². The van der Waals surface area contributed by atoms with Gasteiger partial charge in [-0.3, -0.25) is 4.90 Å². The molecule has 2 rings (SSSR count). The highest BCUT2D eigenvalue weighted by Crippen LogP contribution is 2.18. The molecule has 1 aliphatic heterocycles. The van der Waals surface area contributed by atoms with Gasteiger partial charge in [0.2, 0.25) is 0 Å². The molecule has 1 aliphatic rings. The monoisotopic (exact) mass is 221 g/mol. The second-order valence-electron chi connectivity index (χ2n) is 4.62. The van der Waals surface area contributed by atoms with Gasteiger partial charge in [0.25, 0.3) is 0 Å². The van der Waals surface area contributed by atoms with Gasteiger partial charge in [-0.15, -0.1) is 0 Å². The summed E-state index contributed by atoms with van der Waals surface area (Å²) in [5, 5.41) is 9.79. The molecular weight excluding hydrogens is 202 g/mol. The number of rotatable bonds is 2. The van der Waals surface area contributed by atoms with Crippen LogP contribution in [-0.2, 0) is 6.54 Å². The molecule has 0 saturated carbocycles. The minimum Gasteiger partial charge on any atom is -0.392 e. The number of aromatic nitrogens is 1. The summed E-state index contributed by atoms with van der Waals surface area (Å²) < 4.78 is 0. The Kier molecular flexibility index (Phi) is 3.41. The Balaban J connectivity index is 1.95. The molecule has 3 N–H and O–H groups in total. The second kappa shape index (κ2) is 4.80. The average molecular weight is 221 g/mol. The van der Waals surface area contributed by atoms with Gasteiger partial charge in [0, 0.05) is 13.1 Å². The van der Waals surface area contributed by atoms with Gasteiger partial charge < -0.3 is 10.8 Å². The Bertz CT molecular complexity index is 356. The number of hydrogen-bond donors (Lipinski definition) is 2. The van der Waals surface area contributed by atoms with E-state index in [0.717, 1.165) is 31.7 Å². The maximum absolute atomic E-state index is 9.79. The molecule has 4 heteroatoms. The van der Waals surface area contributed by atoms with E-state index in [1.165, 1.54) is 0 Å². The highest BCUT2D eigenvalue weighted by molar-refractivity contribution is 5.28. The Morgan fingerprint density at radius 2 is 2.38 bits per heavy atom. The van der Waals surface area contributed by atoms with Crippen LogP contribution in [0.4, 0.5) is 5.82 Å². The number of aliphatic hydroxyl groups excluding tert-OH is 1. The summed E-state index contributed by atoms with van der Waals surface area (Å²) in [6, 6.07) is 5.68. The fourth-order valence-electron chi connectivity index (χ4n) is 2.07. The molecule has 1 aromatic heterocycles. The van der Waals surface area contributed by atoms with Crippen LogP contribution < -0.4 is 5.73 Å². The Morgan fingerprint density at radius 1 is 1.56 bits per heavy atom. The zero-order chi connectivity index (χ0) is 11.5. The van der Waals surface area contributed by atoms with E-state index in [0.29, 0.717) is 11.7 Å². The summed E-state index contributed by atoms with van der Waals surface area (Å²) in [6.45, 7) is 4.63. The van der Waals surface area contributed by atoms with Crippen LogP contribution in [0.2, 0.25) is 0 Å². The molecule has 2 unspecified atom stereocenters. The molecule has 1 fully saturated rings. The van der Waals surface area contributed by atoms with Crippen molar-refractivity contribution in [2.24, 2.45) is 5.92 Å². The molecule has 16 heavy (non-hydrogen) atoms. The van der Waals surface area contributed by atoms with Crippen LogP contribution in [0.15, 0.2) is 18.2 Å². The first-order valence-corrected chi connectivity index (χ1v) is 5.77. The first-order valence-electron chi connectivity index (χ1n) is 5.77. The van der Waals surface area contributed by atoms with E-state index >= 15 is 0 Å². The molecule has 0 aromatic carbocycles. The highest BCUT2D eigenvalue weighted by atomic mass is 16.3. The molecule has 4 nitrogen and oxygen atoms in total. The normalized spacial score (nSPS) is 26.9. The van der Waals surface area contributed by atoms with Crippen molar-refractivity contribution in [3.05, 3.63) is 23.9 Å². The van der Waals surface area contributed by atoms with Crippen molar-refractivity contribution < 1.29 is 5.11 Å². The van der Waals surface area contributed by atoms with E-state index in [1.54, 1.807) is 6.07 Å². The quantitative estimate of drug-likeness (QED) is 0.777. The van der Waals surface area contributed by atoms with Crippen molar-refractivity contribution in [3.63, 3.8) is 0 Å². The highest BCUT2D eigenvalue weighted by Gasteiger charge is 2.24. The fraction of sp³-hybridized carbons (Fsp3) is 0.583. The number of nitrogen functional groups attached to an aromatic ring is 1. The smallest absolute Gasteiger partial charge is 0.123 e. The number of likely N-dealkylation sites (tertiary alicyclic amines) is 1. The largest absolute Gasteiger partial charge is 0.392 e. The molecule has 0 radical (unpaired) electrons. The number of anilines is 1.